The van der Waals surface area contributed by atoms with Crippen LogP contribution in [0.25, 0.3) is 0 Å². The second-order valence-corrected chi connectivity index (χ2v) is 16.6. The quantitative estimate of drug-likeness (QED) is 0.276. The van der Waals surface area contributed by atoms with Gasteiger partial charge in [0.25, 0.3) is 0 Å². The van der Waals surface area contributed by atoms with Crippen molar-refractivity contribution in [3.8, 4) is 5.75 Å². The minimum atomic E-state index is -3.69. The molecule has 2 aliphatic carbocycles. The number of fused-ring (bicyclic) bond motifs is 3. The normalized spacial score (nSPS) is 27.6. The van der Waals surface area contributed by atoms with Crippen LogP contribution in [0.3, 0.4) is 0 Å². The Labute approximate surface area is 286 Å². The van der Waals surface area contributed by atoms with E-state index in [0.29, 0.717) is 43.6 Å². The summed E-state index contributed by atoms with van der Waals surface area (Å²) in [6.07, 6.45) is 9.25. The molecule has 6 atom stereocenters. The van der Waals surface area contributed by atoms with Gasteiger partial charge in [0.15, 0.2) is 0 Å². The molecule has 1 saturated carbocycles. The number of anilines is 1. The van der Waals surface area contributed by atoms with Crippen LogP contribution in [-0.2, 0) is 31.1 Å². The molecule has 48 heavy (non-hydrogen) atoms. The standard InChI is InChI=1S/C36H42ClN3O7S/c1-23(48(43,44)35-38-13-3-14-39-35)20-46-28-11-15-45-33(18-28)29-8-5-26(29)19-40-21-36(12-2-4-24-16-27(37)7-9-30(24)36)22-47-32-10-6-25(34(41)42)17-31(32)40/h3,6-7,9-10,13-14,16-17,23,26,28-29,33H,2,4-5,8,11-12,15,18-22H2,1H3,(H,41,42)/t23-,26+,28+,29-,33-,36?/m1/s1. The van der Waals surface area contributed by atoms with Gasteiger partial charge in [0, 0.05) is 48.9 Å². The molecule has 0 bridgehead atoms. The van der Waals surface area contributed by atoms with Crippen LogP contribution in [0.4, 0.5) is 5.69 Å². The largest absolute Gasteiger partial charge is 0.490 e. The second-order valence-electron chi connectivity index (χ2n) is 13.9. The summed E-state index contributed by atoms with van der Waals surface area (Å²) in [5.74, 6) is 0.407. The number of hydrogen-bond donors (Lipinski definition) is 1. The summed E-state index contributed by atoms with van der Waals surface area (Å²) in [5, 5.41) is 9.64. The molecule has 12 heteroatoms. The van der Waals surface area contributed by atoms with Gasteiger partial charge in [-0.1, -0.05) is 17.7 Å². The van der Waals surface area contributed by atoms with Crippen LogP contribution in [-0.4, -0.2) is 79.8 Å². The molecule has 1 spiro atoms. The number of carboxylic acids is 1. The van der Waals surface area contributed by atoms with E-state index in [-0.39, 0.29) is 34.9 Å². The third-order valence-electron chi connectivity index (χ3n) is 10.9. The number of benzene rings is 2. The highest BCUT2D eigenvalue weighted by atomic mass is 35.5. The van der Waals surface area contributed by atoms with E-state index in [1.807, 2.05) is 6.07 Å². The van der Waals surface area contributed by atoms with Gasteiger partial charge in [0.1, 0.15) is 5.75 Å². The Balaban J connectivity index is 1.07. The number of sulfone groups is 1. The molecule has 2 aromatic carbocycles. The Morgan fingerprint density at radius 2 is 2.00 bits per heavy atom. The monoisotopic (exact) mass is 695 g/mol. The van der Waals surface area contributed by atoms with Crippen LogP contribution in [0.15, 0.2) is 60.0 Å². The maximum absolute atomic E-state index is 12.9. The molecule has 2 fully saturated rings. The van der Waals surface area contributed by atoms with Crippen LogP contribution in [0.2, 0.25) is 5.02 Å². The van der Waals surface area contributed by atoms with E-state index in [1.165, 1.54) is 23.5 Å². The zero-order chi connectivity index (χ0) is 33.5. The van der Waals surface area contributed by atoms with Crippen LogP contribution >= 0.6 is 11.6 Å². The highest BCUT2D eigenvalue weighted by molar-refractivity contribution is 7.91. The van der Waals surface area contributed by atoms with Crippen molar-refractivity contribution in [3.05, 3.63) is 76.6 Å². The molecular formula is C36H42ClN3O7S. The van der Waals surface area contributed by atoms with Crippen molar-refractivity contribution >= 4 is 33.1 Å². The summed E-state index contributed by atoms with van der Waals surface area (Å²) in [5.41, 5.74) is 3.34. The molecule has 1 unspecified atom stereocenters. The highest BCUT2D eigenvalue weighted by Crippen LogP contribution is 2.47. The number of aromatic carboxylic acids is 1. The van der Waals surface area contributed by atoms with Gasteiger partial charge in [-0.3, -0.25) is 0 Å². The number of rotatable bonds is 9. The van der Waals surface area contributed by atoms with E-state index >= 15 is 0 Å². The lowest BCUT2D eigenvalue weighted by Gasteiger charge is -2.47. The summed E-state index contributed by atoms with van der Waals surface area (Å²) < 4.78 is 45.0. The lowest BCUT2D eigenvalue weighted by Crippen LogP contribution is -2.51. The molecule has 1 N–H and O–H groups in total. The minimum Gasteiger partial charge on any atom is -0.490 e. The predicted molar refractivity (Wildman–Crippen MR) is 181 cm³/mol. The molecular weight excluding hydrogens is 654 g/mol. The minimum absolute atomic E-state index is 0.00595. The highest BCUT2D eigenvalue weighted by Gasteiger charge is 2.45. The van der Waals surface area contributed by atoms with Gasteiger partial charge >= 0.3 is 5.97 Å². The van der Waals surface area contributed by atoms with Crippen molar-refractivity contribution < 1.29 is 32.5 Å². The van der Waals surface area contributed by atoms with E-state index in [0.717, 1.165) is 55.9 Å². The number of ether oxygens (including phenoxy) is 3. The first-order valence-electron chi connectivity index (χ1n) is 16.9. The molecule has 2 aliphatic heterocycles. The van der Waals surface area contributed by atoms with Crippen molar-refractivity contribution in [2.75, 3.05) is 37.8 Å². The number of nitrogens with zero attached hydrogens (tertiary/aromatic N) is 3. The second kappa shape index (κ2) is 13.6. The van der Waals surface area contributed by atoms with E-state index < -0.39 is 21.1 Å². The fourth-order valence-corrected chi connectivity index (χ4v) is 9.29. The molecule has 10 nitrogen and oxygen atoms in total. The van der Waals surface area contributed by atoms with E-state index in [1.54, 1.807) is 31.2 Å². The Morgan fingerprint density at radius 1 is 1.17 bits per heavy atom. The molecule has 256 valence electrons. The molecule has 0 radical (unpaired) electrons. The van der Waals surface area contributed by atoms with Gasteiger partial charge in [-0.15, -0.1) is 0 Å². The van der Waals surface area contributed by atoms with E-state index in [2.05, 4.69) is 27.0 Å². The van der Waals surface area contributed by atoms with Crippen LogP contribution in [0.1, 0.15) is 66.9 Å². The van der Waals surface area contributed by atoms with Crippen molar-refractivity contribution in [2.24, 2.45) is 11.8 Å². The maximum Gasteiger partial charge on any atom is 0.335 e. The number of aromatic nitrogens is 2. The Hall–Kier alpha value is -3.25. The molecule has 3 aromatic rings. The number of carboxylic acid groups (broad SMARTS) is 1. The SMILES string of the molecule is C[C@H](CO[C@H]1CCO[C@@H]([C@@H]2CC[C@H]2CN2CC3(CCCc4cc(Cl)ccc43)COc3ccc(C(=O)O)cc32)C1)S(=O)(=O)c1ncccn1. The third kappa shape index (κ3) is 6.54. The van der Waals surface area contributed by atoms with Gasteiger partial charge in [-0.05, 0) is 105 Å². The average Bonchev–Trinajstić information content (AvgIpc) is 3.22. The Morgan fingerprint density at radius 3 is 2.77 bits per heavy atom. The zero-order valence-corrected chi connectivity index (χ0v) is 28.7. The molecule has 1 saturated heterocycles. The number of halogens is 1. The van der Waals surface area contributed by atoms with Gasteiger partial charge in [-0.25, -0.2) is 23.2 Å². The van der Waals surface area contributed by atoms with Crippen LogP contribution < -0.4 is 9.64 Å². The van der Waals surface area contributed by atoms with Crippen LogP contribution in [0, 0.1) is 11.8 Å². The van der Waals surface area contributed by atoms with Crippen molar-refractivity contribution in [3.63, 3.8) is 0 Å². The molecule has 0 amide bonds. The fraction of sp³-hybridized carbons (Fsp3) is 0.528. The summed E-state index contributed by atoms with van der Waals surface area (Å²) in [6, 6.07) is 13.0. The van der Waals surface area contributed by atoms with Gasteiger partial charge in [-0.2, -0.15) is 0 Å². The molecule has 7 rings (SSSR count). The first-order valence-corrected chi connectivity index (χ1v) is 18.8. The van der Waals surface area contributed by atoms with E-state index in [9.17, 15) is 18.3 Å². The first kappa shape index (κ1) is 33.3. The predicted octanol–water partition coefficient (Wildman–Crippen LogP) is 5.75. The van der Waals surface area contributed by atoms with Gasteiger partial charge < -0.3 is 24.2 Å². The Kier molecular flexibility index (Phi) is 9.40. The van der Waals surface area contributed by atoms with Gasteiger partial charge in [0.05, 0.1) is 41.9 Å². The molecule has 3 heterocycles. The average molecular weight is 696 g/mol. The Bertz CT molecular complexity index is 1760. The summed E-state index contributed by atoms with van der Waals surface area (Å²) >= 11 is 6.41. The fourth-order valence-electron chi connectivity index (χ4n) is 8.06. The van der Waals surface area contributed by atoms with Gasteiger partial charge in [0.2, 0.25) is 15.0 Å². The smallest absolute Gasteiger partial charge is 0.335 e. The molecule has 4 aliphatic rings. The topological polar surface area (TPSA) is 128 Å². The lowest BCUT2D eigenvalue weighted by atomic mass is 9.67. The summed E-state index contributed by atoms with van der Waals surface area (Å²) in [6.45, 7) is 4.25. The number of aryl methyl sites for hydroxylation is 1. The third-order valence-corrected chi connectivity index (χ3v) is 13.0. The van der Waals surface area contributed by atoms with Crippen molar-refractivity contribution in [1.29, 1.82) is 0 Å². The zero-order valence-electron chi connectivity index (χ0n) is 27.1. The number of carbonyl (C=O) groups is 1. The van der Waals surface area contributed by atoms with E-state index in [4.69, 9.17) is 25.8 Å². The summed E-state index contributed by atoms with van der Waals surface area (Å²) in [4.78, 5) is 22.3. The van der Waals surface area contributed by atoms with Crippen LogP contribution in [0.5, 0.6) is 5.75 Å². The van der Waals surface area contributed by atoms with Crippen molar-refractivity contribution in [1.82, 2.24) is 9.97 Å². The summed E-state index contributed by atoms with van der Waals surface area (Å²) in [7, 11) is -3.69. The molecule has 1 aromatic heterocycles. The number of hydrogen-bond acceptors (Lipinski definition) is 9. The first-order chi connectivity index (χ1) is 23.1. The lowest BCUT2D eigenvalue weighted by molar-refractivity contribution is -0.116. The van der Waals surface area contributed by atoms with Crippen molar-refractivity contribution in [2.45, 2.75) is 79.9 Å². The maximum atomic E-state index is 12.9.